The molecule has 2 N–H and O–H groups in total. The zero-order valence-electron chi connectivity index (χ0n) is 17.5. The molecule has 162 valence electrons. The van der Waals surface area contributed by atoms with Crippen molar-refractivity contribution in [2.45, 2.75) is 33.3 Å². The average Bonchev–Trinajstić information content (AvgIpc) is 3.06. The summed E-state index contributed by atoms with van der Waals surface area (Å²) in [5, 5.41) is 5.67. The van der Waals surface area contributed by atoms with E-state index in [-0.39, 0.29) is 6.61 Å². The Morgan fingerprint density at radius 2 is 1.71 bits per heavy atom. The second-order valence-corrected chi connectivity index (χ2v) is 8.55. The predicted octanol–water partition coefficient (Wildman–Crippen LogP) is 4.21. The van der Waals surface area contributed by atoms with Crippen LogP contribution in [0.25, 0.3) is 21.6 Å². The van der Waals surface area contributed by atoms with Crippen LogP contribution in [-0.2, 0) is 19.1 Å². The first-order chi connectivity index (χ1) is 14.6. The van der Waals surface area contributed by atoms with Crippen molar-refractivity contribution in [2.75, 3.05) is 17.2 Å². The van der Waals surface area contributed by atoms with Crippen molar-refractivity contribution < 1.29 is 23.9 Å². The van der Waals surface area contributed by atoms with Gasteiger partial charge in [0.2, 0.25) is 0 Å². The number of ether oxygens (including phenoxy) is 2. The van der Waals surface area contributed by atoms with Crippen LogP contribution in [0.5, 0.6) is 0 Å². The van der Waals surface area contributed by atoms with Crippen LogP contribution >= 0.6 is 11.3 Å². The number of aromatic nitrogens is 2. The number of rotatable bonds is 5. The van der Waals surface area contributed by atoms with Crippen molar-refractivity contribution >= 4 is 50.5 Å². The summed E-state index contributed by atoms with van der Waals surface area (Å²) in [6.07, 6.45) is -0.571. The van der Waals surface area contributed by atoms with E-state index in [1.54, 1.807) is 32.9 Å². The van der Waals surface area contributed by atoms with E-state index < -0.39 is 23.6 Å². The van der Waals surface area contributed by atoms with Gasteiger partial charge in [0.1, 0.15) is 15.9 Å². The molecule has 2 amide bonds. The van der Waals surface area contributed by atoms with Crippen LogP contribution < -0.4 is 10.6 Å². The van der Waals surface area contributed by atoms with Gasteiger partial charge in [0.05, 0.1) is 5.69 Å². The monoisotopic (exact) mass is 442 g/mol. The molecule has 10 heteroatoms. The van der Waals surface area contributed by atoms with Crippen molar-refractivity contribution in [3.63, 3.8) is 0 Å². The number of pyridine rings is 1. The smallest absolute Gasteiger partial charge is 0.413 e. The number of thiazole rings is 1. The molecule has 1 aromatic carbocycles. The third-order valence-corrected chi connectivity index (χ3v) is 4.61. The lowest BCUT2D eigenvalue weighted by Gasteiger charge is -2.18. The van der Waals surface area contributed by atoms with Gasteiger partial charge in [-0.15, -0.1) is 0 Å². The lowest BCUT2D eigenvalue weighted by atomic mass is 10.1. The van der Waals surface area contributed by atoms with Gasteiger partial charge in [-0.3, -0.25) is 14.9 Å². The molecule has 0 aliphatic rings. The molecule has 0 radical (unpaired) electrons. The van der Waals surface area contributed by atoms with Crippen molar-refractivity contribution in [2.24, 2.45) is 0 Å². The summed E-state index contributed by atoms with van der Waals surface area (Å²) in [6.45, 7) is 6.27. The molecular weight excluding hydrogens is 420 g/mol. The Bertz CT molecular complexity index is 1120. The first kappa shape index (κ1) is 22.2. The highest BCUT2D eigenvalue weighted by molar-refractivity contribution is 7.21. The van der Waals surface area contributed by atoms with E-state index in [1.807, 2.05) is 24.3 Å². The fraction of sp³-hybridized carbons (Fsp3) is 0.286. The van der Waals surface area contributed by atoms with Crippen LogP contribution in [0.15, 0.2) is 36.4 Å². The number of anilines is 2. The first-order valence-electron chi connectivity index (χ1n) is 9.40. The zero-order valence-corrected chi connectivity index (χ0v) is 18.3. The van der Waals surface area contributed by atoms with E-state index in [1.165, 1.54) is 18.3 Å². The summed E-state index contributed by atoms with van der Waals surface area (Å²) in [4.78, 5) is 44.1. The summed E-state index contributed by atoms with van der Waals surface area (Å²) in [5.74, 6) is -0.934. The van der Waals surface area contributed by atoms with Gasteiger partial charge in [0.15, 0.2) is 11.7 Å². The van der Waals surface area contributed by atoms with E-state index in [4.69, 9.17) is 4.74 Å². The van der Waals surface area contributed by atoms with Gasteiger partial charge >= 0.3 is 12.1 Å². The molecule has 0 spiro atoms. The lowest BCUT2D eigenvalue weighted by Crippen LogP contribution is -2.27. The van der Waals surface area contributed by atoms with Gasteiger partial charge in [-0.1, -0.05) is 23.5 Å². The maximum absolute atomic E-state index is 11.9. The summed E-state index contributed by atoms with van der Waals surface area (Å²) >= 11 is 1.25. The highest BCUT2D eigenvalue weighted by Crippen LogP contribution is 2.28. The predicted molar refractivity (Wildman–Crippen MR) is 118 cm³/mol. The van der Waals surface area contributed by atoms with Crippen molar-refractivity contribution in [1.29, 1.82) is 0 Å². The van der Waals surface area contributed by atoms with Crippen LogP contribution in [0, 0.1) is 0 Å². The second kappa shape index (κ2) is 9.09. The SMILES string of the molecule is CC(=O)OCC(=O)Nc1ccc(-c2ccc3nc(NC(=O)OC(C)(C)C)sc3n2)cc1. The molecule has 0 aliphatic heterocycles. The van der Waals surface area contributed by atoms with Gasteiger partial charge < -0.3 is 14.8 Å². The topological polar surface area (TPSA) is 120 Å². The molecule has 3 rings (SSSR count). The number of hydrogen-bond donors (Lipinski definition) is 2. The molecule has 31 heavy (non-hydrogen) atoms. The van der Waals surface area contributed by atoms with Crippen LogP contribution in [0.2, 0.25) is 0 Å². The fourth-order valence-electron chi connectivity index (χ4n) is 2.51. The maximum Gasteiger partial charge on any atom is 0.413 e. The molecule has 2 heterocycles. The molecule has 0 aliphatic carbocycles. The number of fused-ring (bicyclic) bond motifs is 1. The number of nitrogens with one attached hydrogen (secondary N) is 2. The minimum absolute atomic E-state index is 0.333. The summed E-state index contributed by atoms with van der Waals surface area (Å²) in [5.41, 5.74) is 2.20. The highest BCUT2D eigenvalue weighted by Gasteiger charge is 2.18. The van der Waals surface area contributed by atoms with E-state index in [9.17, 15) is 14.4 Å². The van der Waals surface area contributed by atoms with E-state index >= 15 is 0 Å². The maximum atomic E-state index is 11.9. The molecule has 0 unspecified atom stereocenters. The molecule has 0 bridgehead atoms. The van der Waals surface area contributed by atoms with Crippen LogP contribution in [0.4, 0.5) is 15.6 Å². The molecule has 0 saturated carbocycles. The van der Waals surface area contributed by atoms with E-state index in [2.05, 4.69) is 25.3 Å². The zero-order chi connectivity index (χ0) is 22.6. The van der Waals surface area contributed by atoms with Gasteiger partial charge in [0, 0.05) is 18.2 Å². The molecule has 9 nitrogen and oxygen atoms in total. The van der Waals surface area contributed by atoms with Crippen molar-refractivity contribution in [3.05, 3.63) is 36.4 Å². The Balaban J connectivity index is 1.69. The Morgan fingerprint density at radius 1 is 1.00 bits per heavy atom. The number of benzene rings is 1. The van der Waals surface area contributed by atoms with E-state index in [0.717, 1.165) is 11.3 Å². The second-order valence-electron chi connectivity index (χ2n) is 7.57. The number of carbonyl (C=O) groups is 3. The Hall–Kier alpha value is -3.53. The summed E-state index contributed by atoms with van der Waals surface area (Å²) in [7, 11) is 0. The summed E-state index contributed by atoms with van der Waals surface area (Å²) < 4.78 is 9.90. The largest absolute Gasteiger partial charge is 0.456 e. The average molecular weight is 442 g/mol. The third kappa shape index (κ3) is 6.48. The quantitative estimate of drug-likeness (QED) is 0.568. The first-order valence-corrected chi connectivity index (χ1v) is 10.2. The van der Waals surface area contributed by atoms with Crippen molar-refractivity contribution in [1.82, 2.24) is 9.97 Å². The molecule has 2 aromatic heterocycles. The Kier molecular flexibility index (Phi) is 6.50. The standard InChI is InChI=1S/C21H22N4O5S/c1-12(26)29-11-17(27)22-14-7-5-13(6-8-14)15-9-10-16-18(23-15)31-19(24-16)25-20(28)30-21(2,3)4/h5-10H,11H2,1-4H3,(H,22,27)(H,24,25,28). The normalized spacial score (nSPS) is 11.1. The molecule has 0 saturated heterocycles. The minimum atomic E-state index is -0.599. The van der Waals surface area contributed by atoms with Crippen LogP contribution in [0.1, 0.15) is 27.7 Å². The van der Waals surface area contributed by atoms with Crippen molar-refractivity contribution in [3.8, 4) is 11.3 Å². The molecule has 0 atom stereocenters. The van der Waals surface area contributed by atoms with Crippen LogP contribution in [0.3, 0.4) is 0 Å². The number of hydrogen-bond acceptors (Lipinski definition) is 8. The van der Waals surface area contributed by atoms with Gasteiger partial charge in [-0.25, -0.2) is 14.8 Å². The number of carbonyl (C=O) groups excluding carboxylic acids is 3. The van der Waals surface area contributed by atoms with Gasteiger partial charge in [0.25, 0.3) is 5.91 Å². The third-order valence-electron chi connectivity index (χ3n) is 3.73. The summed E-state index contributed by atoms with van der Waals surface area (Å²) in [6, 6.07) is 10.7. The van der Waals surface area contributed by atoms with Gasteiger partial charge in [-0.2, -0.15) is 0 Å². The Labute approximate surface area is 182 Å². The fourth-order valence-corrected chi connectivity index (χ4v) is 3.33. The molecule has 3 aromatic rings. The van der Waals surface area contributed by atoms with Gasteiger partial charge in [-0.05, 0) is 45.0 Å². The number of nitrogens with zero attached hydrogens (tertiary/aromatic N) is 2. The Morgan fingerprint density at radius 3 is 2.35 bits per heavy atom. The molecular formula is C21H22N4O5S. The highest BCUT2D eigenvalue weighted by atomic mass is 32.1. The van der Waals surface area contributed by atoms with Crippen LogP contribution in [-0.4, -0.2) is 40.1 Å². The minimum Gasteiger partial charge on any atom is -0.456 e. The molecule has 0 fully saturated rings. The lowest BCUT2D eigenvalue weighted by molar-refractivity contribution is -0.144. The number of esters is 1. The van der Waals surface area contributed by atoms with E-state index in [0.29, 0.717) is 21.2 Å². The number of amides is 2.